The predicted octanol–water partition coefficient (Wildman–Crippen LogP) is 3.45. The normalized spacial score (nSPS) is 15.1. The minimum atomic E-state index is 0.250. The Labute approximate surface area is 152 Å². The molecule has 25 heavy (non-hydrogen) atoms. The molecule has 0 fully saturated rings. The molecular formula is C20H34N2O3. The van der Waals surface area contributed by atoms with Crippen molar-refractivity contribution in [2.24, 2.45) is 17.6 Å². The van der Waals surface area contributed by atoms with E-state index in [1.165, 1.54) is 12.0 Å². The molecule has 1 aromatic rings. The SMILES string of the molecule is CC(C)CC(C(C)C)N(C)C(C)Cc1ccc2c(c1)OCO2.NC=O. The first-order valence-corrected chi connectivity index (χ1v) is 9.05. The number of carbonyl (C=O) groups is 1. The van der Waals surface area contributed by atoms with Gasteiger partial charge in [0.2, 0.25) is 13.2 Å². The van der Waals surface area contributed by atoms with Gasteiger partial charge in [0.15, 0.2) is 11.5 Å². The van der Waals surface area contributed by atoms with Crippen molar-refractivity contribution in [3.63, 3.8) is 0 Å². The molecule has 5 nitrogen and oxygen atoms in total. The molecule has 1 heterocycles. The molecule has 1 amide bonds. The van der Waals surface area contributed by atoms with Crippen LogP contribution in [-0.2, 0) is 11.2 Å². The van der Waals surface area contributed by atoms with Gasteiger partial charge in [-0.1, -0.05) is 33.8 Å². The lowest BCUT2D eigenvalue weighted by atomic mass is 9.91. The summed E-state index contributed by atoms with van der Waals surface area (Å²) in [6.07, 6.45) is 2.54. The first kappa shape index (κ1) is 21.3. The van der Waals surface area contributed by atoms with E-state index >= 15 is 0 Å². The van der Waals surface area contributed by atoms with E-state index in [-0.39, 0.29) is 6.41 Å². The molecule has 1 aliphatic rings. The Morgan fingerprint density at radius 2 is 1.76 bits per heavy atom. The fourth-order valence-corrected chi connectivity index (χ4v) is 3.27. The maximum atomic E-state index is 8.58. The second kappa shape index (κ2) is 10.3. The summed E-state index contributed by atoms with van der Waals surface area (Å²) in [6.45, 7) is 11.9. The highest BCUT2D eigenvalue weighted by Crippen LogP contribution is 2.33. The van der Waals surface area contributed by atoms with Gasteiger partial charge in [-0.25, -0.2) is 0 Å². The molecule has 0 saturated carbocycles. The maximum Gasteiger partial charge on any atom is 0.231 e. The summed E-state index contributed by atoms with van der Waals surface area (Å²) in [4.78, 5) is 11.1. The fourth-order valence-electron chi connectivity index (χ4n) is 3.27. The lowest BCUT2D eigenvalue weighted by Crippen LogP contribution is -2.43. The first-order chi connectivity index (χ1) is 11.8. The number of rotatable bonds is 7. The van der Waals surface area contributed by atoms with E-state index in [2.05, 4.69) is 64.4 Å². The number of likely N-dealkylation sites (N-methyl/N-ethyl adjacent to an activating group) is 1. The highest BCUT2D eigenvalue weighted by Gasteiger charge is 2.24. The summed E-state index contributed by atoms with van der Waals surface area (Å²) >= 11 is 0. The van der Waals surface area contributed by atoms with Gasteiger partial charge in [-0.3, -0.25) is 4.79 Å². The minimum Gasteiger partial charge on any atom is -0.454 e. The molecule has 5 heteroatoms. The van der Waals surface area contributed by atoms with Crippen molar-refractivity contribution in [2.75, 3.05) is 13.8 Å². The molecule has 1 aromatic carbocycles. The fraction of sp³-hybridized carbons (Fsp3) is 0.650. The number of carbonyl (C=O) groups excluding carboxylic acids is 1. The summed E-state index contributed by atoms with van der Waals surface area (Å²) in [5, 5.41) is 0. The Kier molecular flexibility index (Phi) is 8.76. The summed E-state index contributed by atoms with van der Waals surface area (Å²) < 4.78 is 10.9. The predicted molar refractivity (Wildman–Crippen MR) is 102 cm³/mol. The molecule has 142 valence electrons. The number of hydrogen-bond acceptors (Lipinski definition) is 4. The van der Waals surface area contributed by atoms with Crippen LogP contribution in [0.3, 0.4) is 0 Å². The third-order valence-corrected chi connectivity index (χ3v) is 4.67. The highest BCUT2D eigenvalue weighted by molar-refractivity contribution is 5.44. The van der Waals surface area contributed by atoms with Gasteiger partial charge in [0.1, 0.15) is 0 Å². The number of amides is 1. The van der Waals surface area contributed by atoms with Gasteiger partial charge < -0.3 is 20.1 Å². The van der Waals surface area contributed by atoms with Gasteiger partial charge >= 0.3 is 0 Å². The van der Waals surface area contributed by atoms with Gasteiger partial charge in [-0.2, -0.15) is 0 Å². The maximum absolute atomic E-state index is 8.58. The average molecular weight is 351 g/mol. The monoisotopic (exact) mass is 350 g/mol. The molecule has 1 aliphatic heterocycles. The van der Waals surface area contributed by atoms with E-state index in [9.17, 15) is 0 Å². The van der Waals surface area contributed by atoms with Crippen LogP contribution in [0.25, 0.3) is 0 Å². The average Bonchev–Trinajstić information content (AvgIpc) is 3.00. The Balaban J connectivity index is 0.000000970. The zero-order valence-corrected chi connectivity index (χ0v) is 16.5. The van der Waals surface area contributed by atoms with E-state index in [4.69, 9.17) is 14.3 Å². The zero-order chi connectivity index (χ0) is 19.0. The number of ether oxygens (including phenoxy) is 2. The third kappa shape index (κ3) is 6.58. The van der Waals surface area contributed by atoms with Crippen LogP contribution in [0.4, 0.5) is 0 Å². The van der Waals surface area contributed by atoms with E-state index in [0.717, 1.165) is 23.8 Å². The minimum absolute atomic E-state index is 0.250. The second-order valence-electron chi connectivity index (χ2n) is 7.48. The largest absolute Gasteiger partial charge is 0.454 e. The van der Waals surface area contributed by atoms with Crippen molar-refractivity contribution >= 4 is 6.41 Å². The Bertz CT molecular complexity index is 532. The molecule has 2 rings (SSSR count). The smallest absolute Gasteiger partial charge is 0.231 e. The van der Waals surface area contributed by atoms with Crippen molar-refractivity contribution in [2.45, 2.75) is 59.5 Å². The number of nitrogens with zero attached hydrogens (tertiary/aromatic N) is 1. The number of benzene rings is 1. The van der Waals surface area contributed by atoms with E-state index < -0.39 is 0 Å². The molecule has 0 radical (unpaired) electrons. The summed E-state index contributed by atoms with van der Waals surface area (Å²) in [5.41, 5.74) is 5.48. The Morgan fingerprint density at radius 1 is 1.16 bits per heavy atom. The quantitative estimate of drug-likeness (QED) is 0.765. The van der Waals surface area contributed by atoms with Gasteiger partial charge in [0, 0.05) is 12.1 Å². The standard InChI is InChI=1S/C19H31NO2.CH3NO/c1-13(2)9-17(14(3)4)20(6)15(5)10-16-7-8-18-19(11-16)22-12-21-18;2-1-3/h7-8,11,13-15,17H,9-10,12H2,1-6H3;1H,(H2,2,3). The summed E-state index contributed by atoms with van der Waals surface area (Å²) in [6, 6.07) is 7.44. The summed E-state index contributed by atoms with van der Waals surface area (Å²) in [7, 11) is 2.27. The van der Waals surface area contributed by atoms with Crippen molar-refractivity contribution in [1.82, 2.24) is 4.90 Å². The van der Waals surface area contributed by atoms with E-state index in [1.54, 1.807) is 0 Å². The van der Waals surface area contributed by atoms with Crippen molar-refractivity contribution in [3.8, 4) is 11.5 Å². The first-order valence-electron chi connectivity index (χ1n) is 9.05. The second-order valence-corrected chi connectivity index (χ2v) is 7.48. The van der Waals surface area contributed by atoms with Crippen molar-refractivity contribution in [1.29, 1.82) is 0 Å². The van der Waals surface area contributed by atoms with Gasteiger partial charge in [-0.05, 0) is 56.3 Å². The van der Waals surface area contributed by atoms with Crippen LogP contribution in [0.1, 0.15) is 46.6 Å². The van der Waals surface area contributed by atoms with Crippen LogP contribution in [0.15, 0.2) is 18.2 Å². The lowest BCUT2D eigenvalue weighted by molar-refractivity contribution is -0.106. The van der Waals surface area contributed by atoms with Crippen LogP contribution in [0, 0.1) is 11.8 Å². The number of fused-ring (bicyclic) bond motifs is 1. The Hall–Kier alpha value is -1.75. The molecule has 0 bridgehead atoms. The van der Waals surface area contributed by atoms with E-state index in [1.807, 2.05) is 6.07 Å². The molecule has 0 aromatic heterocycles. The topological polar surface area (TPSA) is 64.8 Å². The third-order valence-electron chi connectivity index (χ3n) is 4.67. The molecule has 2 atom stereocenters. The zero-order valence-electron chi connectivity index (χ0n) is 16.5. The van der Waals surface area contributed by atoms with Crippen LogP contribution in [-0.4, -0.2) is 37.2 Å². The number of primary amides is 1. The molecule has 2 unspecified atom stereocenters. The van der Waals surface area contributed by atoms with Crippen LogP contribution < -0.4 is 15.2 Å². The number of hydrogen-bond donors (Lipinski definition) is 1. The van der Waals surface area contributed by atoms with Crippen LogP contribution >= 0.6 is 0 Å². The van der Waals surface area contributed by atoms with Gasteiger partial charge in [0.25, 0.3) is 0 Å². The molecular weight excluding hydrogens is 316 g/mol. The summed E-state index contributed by atoms with van der Waals surface area (Å²) in [5.74, 6) is 3.15. The highest BCUT2D eigenvalue weighted by atomic mass is 16.7. The number of nitrogens with two attached hydrogens (primary N) is 1. The molecule has 0 saturated heterocycles. The Morgan fingerprint density at radius 3 is 2.32 bits per heavy atom. The van der Waals surface area contributed by atoms with Gasteiger partial charge in [0.05, 0.1) is 0 Å². The lowest BCUT2D eigenvalue weighted by Gasteiger charge is -2.37. The molecule has 0 spiro atoms. The van der Waals surface area contributed by atoms with Crippen LogP contribution in [0.5, 0.6) is 11.5 Å². The van der Waals surface area contributed by atoms with Crippen molar-refractivity contribution in [3.05, 3.63) is 23.8 Å². The molecule has 0 aliphatic carbocycles. The van der Waals surface area contributed by atoms with Crippen molar-refractivity contribution < 1.29 is 14.3 Å². The molecule has 2 N–H and O–H groups in total. The van der Waals surface area contributed by atoms with Crippen LogP contribution in [0.2, 0.25) is 0 Å². The van der Waals surface area contributed by atoms with E-state index in [0.29, 0.717) is 24.8 Å². The van der Waals surface area contributed by atoms with Gasteiger partial charge in [-0.15, -0.1) is 0 Å².